The summed E-state index contributed by atoms with van der Waals surface area (Å²) in [6.07, 6.45) is 4.17. The highest BCUT2D eigenvalue weighted by Gasteiger charge is 2.21. The van der Waals surface area contributed by atoms with E-state index in [2.05, 4.69) is 22.3 Å². The van der Waals surface area contributed by atoms with E-state index in [1.165, 1.54) is 10.5 Å². The molecule has 0 bridgehead atoms. The number of carbonyl (C=O) groups excluding carboxylic acids is 1. The van der Waals surface area contributed by atoms with Gasteiger partial charge in [0, 0.05) is 34.6 Å². The Morgan fingerprint density at radius 1 is 1.20 bits per heavy atom. The predicted molar refractivity (Wildman–Crippen MR) is 105 cm³/mol. The number of carbonyl (C=O) groups is 1. The van der Waals surface area contributed by atoms with E-state index in [4.69, 9.17) is 11.6 Å². The third-order valence-electron chi connectivity index (χ3n) is 4.51. The molecule has 3 rings (SSSR count). The van der Waals surface area contributed by atoms with Crippen molar-refractivity contribution in [3.63, 3.8) is 0 Å². The molecule has 0 aliphatic carbocycles. The van der Waals surface area contributed by atoms with Crippen molar-refractivity contribution in [3.05, 3.63) is 64.7 Å². The number of likely N-dealkylation sites (tertiary alicyclic amines) is 1. The maximum absolute atomic E-state index is 12.5. The molecule has 1 aliphatic heterocycles. The SMILES string of the molecule is CSc1ccc(C(=O)NC2CCCN(Cc3ccc(Cl)cc3)C2)cc1. The van der Waals surface area contributed by atoms with Crippen LogP contribution in [0.15, 0.2) is 53.4 Å². The van der Waals surface area contributed by atoms with Gasteiger partial charge in [0.25, 0.3) is 5.91 Å². The van der Waals surface area contributed by atoms with Crippen molar-refractivity contribution in [1.29, 1.82) is 0 Å². The van der Waals surface area contributed by atoms with E-state index in [-0.39, 0.29) is 11.9 Å². The van der Waals surface area contributed by atoms with E-state index >= 15 is 0 Å². The summed E-state index contributed by atoms with van der Waals surface area (Å²) < 4.78 is 0. The van der Waals surface area contributed by atoms with Crippen molar-refractivity contribution in [2.45, 2.75) is 30.3 Å². The standard InChI is InChI=1S/C20H23ClN2OS/c1-25-19-10-6-16(7-11-19)20(24)22-18-3-2-12-23(14-18)13-15-4-8-17(21)9-5-15/h4-11,18H,2-3,12-14H2,1H3,(H,22,24). The molecule has 0 radical (unpaired) electrons. The lowest BCUT2D eigenvalue weighted by atomic mass is 10.0. The molecule has 1 atom stereocenters. The topological polar surface area (TPSA) is 32.3 Å². The first kappa shape index (κ1) is 18.3. The second-order valence-corrected chi connectivity index (χ2v) is 7.72. The van der Waals surface area contributed by atoms with Crippen LogP contribution in [0.2, 0.25) is 5.02 Å². The monoisotopic (exact) mass is 374 g/mol. The summed E-state index contributed by atoms with van der Waals surface area (Å²) in [5, 5.41) is 3.95. The van der Waals surface area contributed by atoms with Crippen molar-refractivity contribution < 1.29 is 4.79 Å². The second kappa shape index (κ2) is 8.75. The minimum Gasteiger partial charge on any atom is -0.348 e. The average Bonchev–Trinajstić information content (AvgIpc) is 2.64. The van der Waals surface area contributed by atoms with Crippen LogP contribution in [0, 0.1) is 0 Å². The Morgan fingerprint density at radius 3 is 2.60 bits per heavy atom. The highest BCUT2D eigenvalue weighted by molar-refractivity contribution is 7.98. The molecule has 2 aromatic rings. The Labute approximate surface area is 158 Å². The first-order chi connectivity index (χ1) is 12.1. The van der Waals surface area contributed by atoms with Crippen LogP contribution in [0.3, 0.4) is 0 Å². The molecule has 3 nitrogen and oxygen atoms in total. The van der Waals surface area contributed by atoms with Gasteiger partial charge in [-0.15, -0.1) is 11.8 Å². The summed E-state index contributed by atoms with van der Waals surface area (Å²) in [4.78, 5) is 16.0. The lowest BCUT2D eigenvalue weighted by Gasteiger charge is -2.33. The van der Waals surface area contributed by atoms with Crippen LogP contribution in [0.25, 0.3) is 0 Å². The molecule has 5 heteroatoms. The predicted octanol–water partition coefficient (Wildman–Crippen LogP) is 4.46. The molecule has 0 saturated carbocycles. The Kier molecular flexibility index (Phi) is 6.40. The number of thioether (sulfide) groups is 1. The Bertz CT molecular complexity index is 703. The molecule has 1 N–H and O–H groups in total. The maximum atomic E-state index is 12.5. The number of halogens is 1. The van der Waals surface area contributed by atoms with Crippen LogP contribution in [0.5, 0.6) is 0 Å². The van der Waals surface area contributed by atoms with Gasteiger partial charge in [0.05, 0.1) is 0 Å². The normalized spacial score (nSPS) is 18.1. The number of nitrogens with one attached hydrogen (secondary N) is 1. The minimum absolute atomic E-state index is 0.0194. The number of hydrogen-bond acceptors (Lipinski definition) is 3. The van der Waals surface area contributed by atoms with Gasteiger partial charge in [0.2, 0.25) is 0 Å². The van der Waals surface area contributed by atoms with Crippen molar-refractivity contribution in [2.24, 2.45) is 0 Å². The molecule has 132 valence electrons. The largest absolute Gasteiger partial charge is 0.348 e. The van der Waals surface area contributed by atoms with Gasteiger partial charge in [-0.25, -0.2) is 0 Å². The number of piperidine rings is 1. The van der Waals surface area contributed by atoms with E-state index in [9.17, 15) is 4.79 Å². The molecular formula is C20H23ClN2OS. The fourth-order valence-corrected chi connectivity index (χ4v) is 3.71. The number of amides is 1. The number of hydrogen-bond donors (Lipinski definition) is 1. The summed E-state index contributed by atoms with van der Waals surface area (Å²) >= 11 is 7.63. The first-order valence-electron chi connectivity index (χ1n) is 8.56. The van der Waals surface area contributed by atoms with Crippen LogP contribution in [0.4, 0.5) is 0 Å². The number of benzene rings is 2. The summed E-state index contributed by atoms with van der Waals surface area (Å²) in [5.41, 5.74) is 1.98. The first-order valence-corrected chi connectivity index (χ1v) is 10.2. The van der Waals surface area contributed by atoms with E-state index in [1.807, 2.05) is 42.7 Å². The summed E-state index contributed by atoms with van der Waals surface area (Å²) in [5.74, 6) is 0.0194. The van der Waals surface area contributed by atoms with Crippen LogP contribution in [0.1, 0.15) is 28.8 Å². The summed E-state index contributed by atoms with van der Waals surface area (Å²) in [6, 6.07) is 16.0. The molecule has 2 aromatic carbocycles. The Balaban J connectivity index is 1.55. The summed E-state index contributed by atoms with van der Waals surface area (Å²) in [7, 11) is 0. The fraction of sp³-hybridized carbons (Fsp3) is 0.350. The molecule has 1 aliphatic rings. The van der Waals surface area contributed by atoms with Crippen molar-refractivity contribution in [3.8, 4) is 0 Å². The van der Waals surface area contributed by atoms with E-state index in [0.29, 0.717) is 0 Å². The summed E-state index contributed by atoms with van der Waals surface area (Å²) in [6.45, 7) is 2.85. The fourth-order valence-electron chi connectivity index (χ4n) is 3.18. The van der Waals surface area contributed by atoms with Crippen LogP contribution < -0.4 is 5.32 Å². The molecule has 0 aromatic heterocycles. The van der Waals surface area contributed by atoms with Crippen molar-refractivity contribution >= 4 is 29.3 Å². The van der Waals surface area contributed by atoms with Crippen LogP contribution in [-0.4, -0.2) is 36.2 Å². The Morgan fingerprint density at radius 2 is 1.92 bits per heavy atom. The van der Waals surface area contributed by atoms with Crippen molar-refractivity contribution in [1.82, 2.24) is 10.2 Å². The zero-order chi connectivity index (χ0) is 17.6. The van der Waals surface area contributed by atoms with Gasteiger partial charge in [0.15, 0.2) is 0 Å². The average molecular weight is 375 g/mol. The lowest BCUT2D eigenvalue weighted by molar-refractivity contribution is 0.0900. The highest BCUT2D eigenvalue weighted by Crippen LogP contribution is 2.17. The molecular weight excluding hydrogens is 352 g/mol. The second-order valence-electron chi connectivity index (χ2n) is 6.40. The third-order valence-corrected chi connectivity index (χ3v) is 5.51. The zero-order valence-corrected chi connectivity index (χ0v) is 15.9. The van der Waals surface area contributed by atoms with Gasteiger partial charge >= 0.3 is 0 Å². The van der Waals surface area contributed by atoms with Gasteiger partial charge in [-0.1, -0.05) is 23.7 Å². The molecule has 1 heterocycles. The van der Waals surface area contributed by atoms with Gasteiger partial charge in [0.1, 0.15) is 0 Å². The van der Waals surface area contributed by atoms with Crippen molar-refractivity contribution in [2.75, 3.05) is 19.3 Å². The zero-order valence-electron chi connectivity index (χ0n) is 14.4. The smallest absolute Gasteiger partial charge is 0.251 e. The maximum Gasteiger partial charge on any atom is 0.251 e. The lowest BCUT2D eigenvalue weighted by Crippen LogP contribution is -2.47. The quantitative estimate of drug-likeness (QED) is 0.784. The third kappa shape index (κ3) is 5.24. The number of nitrogens with zero attached hydrogens (tertiary/aromatic N) is 1. The van der Waals surface area contributed by atoms with Gasteiger partial charge in [-0.2, -0.15) is 0 Å². The molecule has 1 amide bonds. The van der Waals surface area contributed by atoms with E-state index in [1.54, 1.807) is 11.8 Å². The number of rotatable bonds is 5. The molecule has 1 fully saturated rings. The Hall–Kier alpha value is -1.49. The molecule has 1 saturated heterocycles. The van der Waals surface area contributed by atoms with Gasteiger partial charge in [-0.3, -0.25) is 9.69 Å². The van der Waals surface area contributed by atoms with Gasteiger partial charge in [-0.05, 0) is 67.6 Å². The van der Waals surface area contributed by atoms with E-state index in [0.717, 1.165) is 43.1 Å². The molecule has 1 unspecified atom stereocenters. The van der Waals surface area contributed by atoms with Crippen LogP contribution in [-0.2, 0) is 6.54 Å². The minimum atomic E-state index is 0.0194. The highest BCUT2D eigenvalue weighted by atomic mass is 35.5. The molecule has 0 spiro atoms. The van der Waals surface area contributed by atoms with Gasteiger partial charge < -0.3 is 5.32 Å². The van der Waals surface area contributed by atoms with E-state index < -0.39 is 0 Å². The molecule has 25 heavy (non-hydrogen) atoms. The van der Waals surface area contributed by atoms with Crippen LogP contribution >= 0.6 is 23.4 Å².